The fraction of sp³-hybridized carbons (Fsp3) is 0.0769. The number of benzene rings is 1. The number of carbonyl (C=O) groups is 1. The van der Waals surface area contributed by atoms with E-state index in [4.69, 9.17) is 5.73 Å². The molecule has 1 amide bonds. The van der Waals surface area contributed by atoms with E-state index < -0.39 is 5.82 Å². The summed E-state index contributed by atoms with van der Waals surface area (Å²) in [6.07, 6.45) is 1.59. The minimum atomic E-state index is -0.566. The minimum absolute atomic E-state index is 0.0685. The first-order valence-electron chi connectivity index (χ1n) is 5.44. The van der Waals surface area contributed by atoms with Gasteiger partial charge in [0, 0.05) is 17.7 Å². The van der Waals surface area contributed by atoms with Gasteiger partial charge in [0.05, 0.1) is 11.3 Å². The number of carbonyl (C=O) groups excluding carboxylic acids is 1. The molecule has 0 aliphatic heterocycles. The molecule has 1 heterocycles. The van der Waals surface area contributed by atoms with E-state index in [1.54, 1.807) is 31.4 Å². The van der Waals surface area contributed by atoms with Gasteiger partial charge in [-0.1, -0.05) is 6.07 Å². The standard InChI is InChI=1S/C13H11BrFN3O/c1-18(12-4-2-3-5-17-12)13(19)8-6-11(16)10(15)7-9(8)14/h2-7H,16H2,1H3. The number of nitrogens with two attached hydrogens (primary N) is 1. The van der Waals surface area contributed by atoms with E-state index in [0.29, 0.717) is 10.3 Å². The molecule has 0 aliphatic rings. The van der Waals surface area contributed by atoms with Crippen LogP contribution in [0, 0.1) is 5.82 Å². The first-order valence-corrected chi connectivity index (χ1v) is 6.23. The fourth-order valence-corrected chi connectivity index (χ4v) is 2.05. The first kappa shape index (κ1) is 13.5. The second kappa shape index (κ2) is 5.36. The highest BCUT2D eigenvalue weighted by Gasteiger charge is 2.18. The summed E-state index contributed by atoms with van der Waals surface area (Å²) in [4.78, 5) is 17.8. The average molecular weight is 324 g/mol. The van der Waals surface area contributed by atoms with Crippen molar-refractivity contribution in [2.24, 2.45) is 0 Å². The Labute approximate surface area is 118 Å². The molecule has 0 saturated carbocycles. The molecule has 0 atom stereocenters. The lowest BCUT2D eigenvalue weighted by molar-refractivity contribution is 0.0991. The molecule has 19 heavy (non-hydrogen) atoms. The van der Waals surface area contributed by atoms with Crippen LogP contribution in [-0.4, -0.2) is 17.9 Å². The van der Waals surface area contributed by atoms with Crippen LogP contribution < -0.4 is 10.6 Å². The minimum Gasteiger partial charge on any atom is -0.396 e. The van der Waals surface area contributed by atoms with Crippen LogP contribution in [0.1, 0.15) is 10.4 Å². The quantitative estimate of drug-likeness (QED) is 0.864. The Balaban J connectivity index is 2.37. The number of rotatable bonds is 2. The zero-order chi connectivity index (χ0) is 14.0. The molecule has 0 fully saturated rings. The zero-order valence-electron chi connectivity index (χ0n) is 10.1. The van der Waals surface area contributed by atoms with Crippen LogP contribution in [0.4, 0.5) is 15.9 Å². The summed E-state index contributed by atoms with van der Waals surface area (Å²) in [6.45, 7) is 0. The monoisotopic (exact) mass is 323 g/mol. The number of pyridine rings is 1. The molecule has 0 radical (unpaired) electrons. The number of anilines is 2. The third-order valence-corrected chi connectivity index (χ3v) is 3.27. The fourth-order valence-electron chi connectivity index (χ4n) is 1.57. The summed E-state index contributed by atoms with van der Waals surface area (Å²) >= 11 is 3.16. The van der Waals surface area contributed by atoms with Gasteiger partial charge in [-0.15, -0.1) is 0 Å². The van der Waals surface area contributed by atoms with E-state index in [0.717, 1.165) is 0 Å². The highest BCUT2D eigenvalue weighted by molar-refractivity contribution is 9.10. The van der Waals surface area contributed by atoms with Crippen molar-refractivity contribution in [3.8, 4) is 0 Å². The topological polar surface area (TPSA) is 59.2 Å². The Hall–Kier alpha value is -1.95. The molecule has 0 spiro atoms. The molecule has 2 N–H and O–H groups in total. The molecule has 6 heteroatoms. The predicted octanol–water partition coefficient (Wildman–Crippen LogP) is 2.84. The second-order valence-corrected chi connectivity index (χ2v) is 4.76. The highest BCUT2D eigenvalue weighted by atomic mass is 79.9. The van der Waals surface area contributed by atoms with Gasteiger partial charge >= 0.3 is 0 Å². The average Bonchev–Trinajstić information content (AvgIpc) is 2.42. The van der Waals surface area contributed by atoms with Crippen molar-refractivity contribution in [2.45, 2.75) is 0 Å². The maximum absolute atomic E-state index is 13.3. The summed E-state index contributed by atoms with van der Waals surface area (Å²) in [5, 5.41) is 0. The van der Waals surface area contributed by atoms with E-state index in [-0.39, 0.29) is 17.2 Å². The van der Waals surface area contributed by atoms with Crippen molar-refractivity contribution in [1.82, 2.24) is 4.98 Å². The first-order chi connectivity index (χ1) is 9.00. The smallest absolute Gasteiger partial charge is 0.260 e. The van der Waals surface area contributed by atoms with E-state index >= 15 is 0 Å². The van der Waals surface area contributed by atoms with E-state index in [9.17, 15) is 9.18 Å². The number of nitrogens with zero attached hydrogens (tertiary/aromatic N) is 2. The number of halogens is 2. The number of hydrogen-bond donors (Lipinski definition) is 1. The third-order valence-electron chi connectivity index (χ3n) is 2.61. The summed E-state index contributed by atoms with van der Waals surface area (Å²) < 4.78 is 13.6. The zero-order valence-corrected chi connectivity index (χ0v) is 11.7. The molecule has 98 valence electrons. The lowest BCUT2D eigenvalue weighted by Crippen LogP contribution is -2.27. The van der Waals surface area contributed by atoms with Crippen molar-refractivity contribution in [3.63, 3.8) is 0 Å². The van der Waals surface area contributed by atoms with Crippen LogP contribution in [0.25, 0.3) is 0 Å². The molecule has 1 aromatic heterocycles. The maximum Gasteiger partial charge on any atom is 0.260 e. The number of aromatic nitrogens is 1. The molecule has 0 bridgehead atoms. The van der Waals surface area contributed by atoms with Gasteiger partial charge < -0.3 is 5.73 Å². The summed E-state index contributed by atoms with van der Waals surface area (Å²) in [5.41, 5.74) is 5.70. The Morgan fingerprint density at radius 2 is 2.16 bits per heavy atom. The van der Waals surface area contributed by atoms with E-state index in [1.165, 1.54) is 17.0 Å². The lowest BCUT2D eigenvalue weighted by Gasteiger charge is -2.17. The molecule has 0 unspecified atom stereocenters. The van der Waals surface area contributed by atoms with Gasteiger partial charge in [-0.3, -0.25) is 9.69 Å². The summed E-state index contributed by atoms with van der Waals surface area (Å²) in [5.74, 6) is -0.386. The van der Waals surface area contributed by atoms with E-state index in [1.807, 2.05) is 0 Å². The van der Waals surface area contributed by atoms with Gasteiger partial charge in [-0.05, 0) is 40.2 Å². The number of amides is 1. The molecule has 1 aromatic carbocycles. The normalized spacial score (nSPS) is 10.3. The maximum atomic E-state index is 13.3. The summed E-state index contributed by atoms with van der Waals surface area (Å²) in [7, 11) is 1.59. The summed E-state index contributed by atoms with van der Waals surface area (Å²) in [6, 6.07) is 7.72. The van der Waals surface area contributed by atoms with Gasteiger partial charge in [-0.25, -0.2) is 9.37 Å². The molecule has 2 rings (SSSR count). The SMILES string of the molecule is CN(C(=O)c1cc(N)c(F)cc1Br)c1ccccn1. The van der Waals surface area contributed by atoms with Gasteiger partial charge in [0.25, 0.3) is 5.91 Å². The number of hydrogen-bond acceptors (Lipinski definition) is 3. The molecular formula is C13H11BrFN3O. The predicted molar refractivity (Wildman–Crippen MR) is 75.5 cm³/mol. The Kier molecular flexibility index (Phi) is 3.80. The van der Waals surface area contributed by atoms with Crippen LogP contribution in [-0.2, 0) is 0 Å². The Morgan fingerprint density at radius 1 is 1.42 bits per heavy atom. The Morgan fingerprint density at radius 3 is 2.79 bits per heavy atom. The van der Waals surface area contributed by atoms with Crippen LogP contribution in [0.2, 0.25) is 0 Å². The molecule has 0 saturated heterocycles. The van der Waals surface area contributed by atoms with Crippen molar-refractivity contribution >= 4 is 33.3 Å². The van der Waals surface area contributed by atoms with E-state index in [2.05, 4.69) is 20.9 Å². The van der Waals surface area contributed by atoms with Crippen molar-refractivity contribution in [3.05, 3.63) is 52.4 Å². The van der Waals surface area contributed by atoms with Crippen LogP contribution >= 0.6 is 15.9 Å². The van der Waals surface area contributed by atoms with Crippen molar-refractivity contribution < 1.29 is 9.18 Å². The molecule has 2 aromatic rings. The molecule has 0 aliphatic carbocycles. The van der Waals surface area contributed by atoms with Crippen LogP contribution in [0.15, 0.2) is 41.0 Å². The van der Waals surface area contributed by atoms with Crippen molar-refractivity contribution in [1.29, 1.82) is 0 Å². The third kappa shape index (κ3) is 2.73. The van der Waals surface area contributed by atoms with Gasteiger partial charge in [0.15, 0.2) is 0 Å². The number of nitrogen functional groups attached to an aromatic ring is 1. The molecule has 4 nitrogen and oxygen atoms in total. The highest BCUT2D eigenvalue weighted by Crippen LogP contribution is 2.25. The van der Waals surface area contributed by atoms with Crippen molar-refractivity contribution in [2.75, 3.05) is 17.7 Å². The van der Waals surface area contributed by atoms with Gasteiger partial charge in [-0.2, -0.15) is 0 Å². The van der Waals surface area contributed by atoms with Crippen LogP contribution in [0.3, 0.4) is 0 Å². The Bertz CT molecular complexity index is 619. The lowest BCUT2D eigenvalue weighted by atomic mass is 10.1. The molecular weight excluding hydrogens is 313 g/mol. The second-order valence-electron chi connectivity index (χ2n) is 3.91. The van der Waals surface area contributed by atoms with Gasteiger partial charge in [0.2, 0.25) is 0 Å². The largest absolute Gasteiger partial charge is 0.396 e. The van der Waals surface area contributed by atoms with Gasteiger partial charge in [0.1, 0.15) is 11.6 Å². The van der Waals surface area contributed by atoms with Crippen LogP contribution in [0.5, 0.6) is 0 Å².